The van der Waals surface area contributed by atoms with Crippen molar-refractivity contribution in [3.63, 3.8) is 0 Å². The monoisotopic (exact) mass is 284 g/mol. The number of piperazine rings is 1. The van der Waals surface area contributed by atoms with Gasteiger partial charge in [-0.1, -0.05) is 23.2 Å². The summed E-state index contributed by atoms with van der Waals surface area (Å²) in [6.07, 6.45) is 3.62. The van der Waals surface area contributed by atoms with Crippen molar-refractivity contribution >= 4 is 23.2 Å². The Morgan fingerprint density at radius 3 is 2.61 bits per heavy atom. The highest BCUT2D eigenvalue weighted by Crippen LogP contribution is 2.38. The van der Waals surface area contributed by atoms with Crippen LogP contribution >= 0.6 is 23.2 Å². The summed E-state index contributed by atoms with van der Waals surface area (Å²) in [4.78, 5) is 2.58. The molecular formula is C14H18Cl2N2. The van der Waals surface area contributed by atoms with Crippen molar-refractivity contribution in [2.45, 2.75) is 25.3 Å². The fraction of sp³-hybridized carbons (Fsp3) is 0.571. The van der Waals surface area contributed by atoms with Crippen molar-refractivity contribution in [3.8, 4) is 0 Å². The maximum Gasteiger partial charge on any atom is 0.0595 e. The summed E-state index contributed by atoms with van der Waals surface area (Å²) in [6, 6.07) is 4.68. The van der Waals surface area contributed by atoms with E-state index in [9.17, 15) is 0 Å². The smallest absolute Gasteiger partial charge is 0.0595 e. The molecule has 0 amide bonds. The van der Waals surface area contributed by atoms with Gasteiger partial charge in [-0.2, -0.15) is 0 Å². The van der Waals surface area contributed by atoms with E-state index >= 15 is 0 Å². The van der Waals surface area contributed by atoms with Crippen molar-refractivity contribution in [1.29, 1.82) is 0 Å². The lowest BCUT2D eigenvalue weighted by Crippen LogP contribution is -2.45. The minimum atomic E-state index is 0.533. The van der Waals surface area contributed by atoms with E-state index < -0.39 is 0 Å². The molecule has 3 rings (SSSR count). The first kappa shape index (κ1) is 12.7. The van der Waals surface area contributed by atoms with Gasteiger partial charge in [-0.05, 0) is 42.5 Å². The fourth-order valence-corrected chi connectivity index (χ4v) is 3.50. The van der Waals surface area contributed by atoms with Crippen LogP contribution in [0.25, 0.3) is 0 Å². The minimum absolute atomic E-state index is 0.533. The maximum absolute atomic E-state index is 6.19. The van der Waals surface area contributed by atoms with E-state index in [4.69, 9.17) is 23.2 Å². The number of hydrogen-bond donors (Lipinski definition) is 1. The molecular weight excluding hydrogens is 267 g/mol. The lowest BCUT2D eigenvalue weighted by molar-refractivity contribution is 0.158. The van der Waals surface area contributed by atoms with E-state index in [0.717, 1.165) is 32.6 Å². The van der Waals surface area contributed by atoms with E-state index in [1.807, 2.05) is 0 Å². The van der Waals surface area contributed by atoms with Crippen LogP contribution in [0.3, 0.4) is 0 Å². The number of fused-ring (bicyclic) bond motifs is 1. The zero-order valence-electron chi connectivity index (χ0n) is 10.4. The molecule has 1 unspecified atom stereocenters. The number of hydrogen-bond acceptors (Lipinski definition) is 2. The minimum Gasteiger partial charge on any atom is -0.314 e. The van der Waals surface area contributed by atoms with Crippen LogP contribution in [-0.2, 0) is 6.42 Å². The van der Waals surface area contributed by atoms with Gasteiger partial charge in [0.1, 0.15) is 0 Å². The molecule has 1 atom stereocenters. The normalized spacial score (nSPS) is 24.9. The van der Waals surface area contributed by atoms with Gasteiger partial charge in [0, 0.05) is 32.2 Å². The molecule has 1 N–H and O–H groups in total. The average molecular weight is 285 g/mol. The number of aryl methyl sites for hydroxylation is 1. The third kappa shape index (κ3) is 2.39. The molecule has 18 heavy (non-hydrogen) atoms. The highest BCUT2D eigenvalue weighted by atomic mass is 35.5. The van der Waals surface area contributed by atoms with Crippen LogP contribution in [0.5, 0.6) is 0 Å². The summed E-state index contributed by atoms with van der Waals surface area (Å²) in [6.45, 7) is 4.44. The fourth-order valence-electron chi connectivity index (χ4n) is 3.14. The molecule has 0 aromatic heterocycles. The standard InChI is InChI=1S/C14H18Cl2N2/c15-12-8-10-2-1-3-14(11(10)9-13(12)16)18-6-4-17-5-7-18/h8-9,14,17H,1-7H2. The van der Waals surface area contributed by atoms with E-state index in [0.29, 0.717) is 16.1 Å². The van der Waals surface area contributed by atoms with Gasteiger partial charge in [0.25, 0.3) is 0 Å². The molecule has 0 saturated carbocycles. The summed E-state index contributed by atoms with van der Waals surface area (Å²) >= 11 is 12.3. The van der Waals surface area contributed by atoms with Crippen molar-refractivity contribution in [2.24, 2.45) is 0 Å². The molecule has 1 aliphatic heterocycles. The van der Waals surface area contributed by atoms with Crippen LogP contribution in [0.2, 0.25) is 10.0 Å². The van der Waals surface area contributed by atoms with Gasteiger partial charge in [0.15, 0.2) is 0 Å². The lowest BCUT2D eigenvalue weighted by atomic mass is 9.86. The molecule has 1 heterocycles. The second-order valence-corrected chi connectivity index (χ2v) is 5.97. The average Bonchev–Trinajstić information content (AvgIpc) is 2.40. The van der Waals surface area contributed by atoms with Crippen molar-refractivity contribution in [2.75, 3.05) is 26.2 Å². The molecule has 2 nitrogen and oxygen atoms in total. The third-order valence-electron chi connectivity index (χ3n) is 4.06. The van der Waals surface area contributed by atoms with Crippen LogP contribution in [0.15, 0.2) is 12.1 Å². The maximum atomic E-state index is 6.19. The Labute approximate surface area is 118 Å². The predicted molar refractivity (Wildman–Crippen MR) is 76.6 cm³/mol. The van der Waals surface area contributed by atoms with Crippen LogP contribution in [0.1, 0.15) is 30.0 Å². The van der Waals surface area contributed by atoms with Gasteiger partial charge in [0.2, 0.25) is 0 Å². The first-order valence-electron chi connectivity index (χ1n) is 6.68. The molecule has 1 aromatic rings. The molecule has 1 fully saturated rings. The van der Waals surface area contributed by atoms with Gasteiger partial charge in [-0.25, -0.2) is 0 Å². The third-order valence-corrected chi connectivity index (χ3v) is 4.78. The second-order valence-electron chi connectivity index (χ2n) is 5.16. The SMILES string of the molecule is Clc1cc2c(cc1Cl)C(N1CCNCC1)CCC2. The van der Waals surface area contributed by atoms with Crippen molar-refractivity contribution in [1.82, 2.24) is 10.2 Å². The van der Waals surface area contributed by atoms with Crippen LogP contribution in [-0.4, -0.2) is 31.1 Å². The Kier molecular flexibility index (Phi) is 3.81. The first-order valence-corrected chi connectivity index (χ1v) is 7.44. The van der Waals surface area contributed by atoms with Gasteiger partial charge < -0.3 is 5.32 Å². The highest BCUT2D eigenvalue weighted by Gasteiger charge is 2.27. The molecule has 1 aliphatic carbocycles. The molecule has 0 radical (unpaired) electrons. The highest BCUT2D eigenvalue weighted by molar-refractivity contribution is 6.42. The van der Waals surface area contributed by atoms with Gasteiger partial charge in [0.05, 0.1) is 10.0 Å². The van der Waals surface area contributed by atoms with E-state index in [1.54, 1.807) is 0 Å². The Bertz CT molecular complexity index is 442. The summed E-state index contributed by atoms with van der Waals surface area (Å²) < 4.78 is 0. The number of halogens is 2. The van der Waals surface area contributed by atoms with Crippen LogP contribution in [0, 0.1) is 0 Å². The van der Waals surface area contributed by atoms with E-state index in [2.05, 4.69) is 22.3 Å². The first-order chi connectivity index (χ1) is 8.75. The van der Waals surface area contributed by atoms with Crippen molar-refractivity contribution < 1.29 is 0 Å². The topological polar surface area (TPSA) is 15.3 Å². The number of nitrogens with zero attached hydrogens (tertiary/aromatic N) is 1. The Morgan fingerprint density at radius 2 is 1.83 bits per heavy atom. The molecule has 0 bridgehead atoms. The summed E-state index contributed by atoms with van der Waals surface area (Å²) in [7, 11) is 0. The van der Waals surface area contributed by atoms with Crippen molar-refractivity contribution in [3.05, 3.63) is 33.3 Å². The predicted octanol–water partition coefficient (Wildman–Crippen LogP) is 3.28. The van der Waals surface area contributed by atoms with E-state index in [1.165, 1.54) is 24.0 Å². The summed E-state index contributed by atoms with van der Waals surface area (Å²) in [5.41, 5.74) is 2.79. The summed E-state index contributed by atoms with van der Waals surface area (Å²) in [5, 5.41) is 4.79. The van der Waals surface area contributed by atoms with Gasteiger partial charge >= 0.3 is 0 Å². The Hall–Kier alpha value is -0.280. The molecule has 0 spiro atoms. The van der Waals surface area contributed by atoms with Crippen LogP contribution < -0.4 is 5.32 Å². The molecule has 98 valence electrons. The Balaban J connectivity index is 1.92. The Morgan fingerprint density at radius 1 is 1.11 bits per heavy atom. The zero-order chi connectivity index (χ0) is 12.5. The summed E-state index contributed by atoms with van der Waals surface area (Å²) in [5.74, 6) is 0. The largest absolute Gasteiger partial charge is 0.314 e. The van der Waals surface area contributed by atoms with Gasteiger partial charge in [-0.3, -0.25) is 4.90 Å². The second kappa shape index (κ2) is 5.38. The molecule has 2 aliphatic rings. The quantitative estimate of drug-likeness (QED) is 0.852. The number of rotatable bonds is 1. The molecule has 1 aromatic carbocycles. The lowest BCUT2D eigenvalue weighted by Gasteiger charge is -2.38. The molecule has 4 heteroatoms. The van der Waals surface area contributed by atoms with E-state index in [-0.39, 0.29) is 0 Å². The van der Waals surface area contributed by atoms with Gasteiger partial charge in [-0.15, -0.1) is 0 Å². The van der Waals surface area contributed by atoms with Crippen LogP contribution in [0.4, 0.5) is 0 Å². The zero-order valence-corrected chi connectivity index (χ0v) is 11.9. The number of nitrogens with one attached hydrogen (secondary N) is 1. The number of benzene rings is 1. The molecule has 1 saturated heterocycles.